The average molecular weight is 417 g/mol. The van der Waals surface area contributed by atoms with Crippen molar-refractivity contribution in [3.05, 3.63) is 64.7 Å². The largest absolute Gasteiger partial charge is 0.507 e. The summed E-state index contributed by atoms with van der Waals surface area (Å²) in [6.45, 7) is 0.405. The number of aromatic hydroxyl groups is 1. The second-order valence-corrected chi connectivity index (χ2v) is 6.97. The topological polar surface area (TPSA) is 115 Å². The fraction of sp³-hybridized carbons (Fsp3) is 0.111. The first-order valence-corrected chi connectivity index (χ1v) is 9.60. The number of hydrogen-bond donors (Lipinski definition) is 4. The molecule has 0 unspecified atom stereocenters. The summed E-state index contributed by atoms with van der Waals surface area (Å²) < 4.78 is 0. The molecule has 1 aromatic heterocycles. The molecule has 0 radical (unpaired) electrons. The summed E-state index contributed by atoms with van der Waals surface area (Å²) >= 11 is 7.11. The molecule has 2 aromatic carbocycles. The van der Waals surface area contributed by atoms with Gasteiger partial charge in [0.2, 0.25) is 17.0 Å². The van der Waals surface area contributed by atoms with Gasteiger partial charge in [-0.15, -0.1) is 5.10 Å². The molecule has 8 nitrogen and oxygen atoms in total. The lowest BCUT2D eigenvalue weighted by Crippen LogP contribution is -2.24. The first-order valence-electron chi connectivity index (χ1n) is 8.23. The molecular formula is C18H17ClN6O2S. The third-order valence-corrected chi connectivity index (χ3v) is 4.57. The number of aromatic amines is 1. The number of rotatable bonds is 8. The Balaban J connectivity index is 1.43. The van der Waals surface area contributed by atoms with Gasteiger partial charge in [-0.3, -0.25) is 4.79 Å². The van der Waals surface area contributed by atoms with Crippen molar-refractivity contribution in [1.29, 1.82) is 0 Å². The van der Waals surface area contributed by atoms with E-state index < -0.39 is 0 Å². The summed E-state index contributed by atoms with van der Waals surface area (Å²) in [6, 6.07) is 14.1. The van der Waals surface area contributed by atoms with E-state index in [0.717, 1.165) is 5.56 Å². The highest BCUT2D eigenvalue weighted by Crippen LogP contribution is 2.15. The van der Waals surface area contributed by atoms with Gasteiger partial charge < -0.3 is 10.4 Å². The molecule has 0 spiro atoms. The number of halogens is 1. The number of carbonyl (C=O) groups excluding carboxylic acids is 1. The van der Waals surface area contributed by atoms with E-state index in [0.29, 0.717) is 28.2 Å². The Morgan fingerprint density at radius 1 is 1.29 bits per heavy atom. The number of H-pyrrole nitrogens is 1. The van der Waals surface area contributed by atoms with Gasteiger partial charge in [0.25, 0.3) is 0 Å². The predicted octanol–water partition coefficient (Wildman–Crippen LogP) is 3.02. The zero-order valence-corrected chi connectivity index (χ0v) is 16.2. The maximum absolute atomic E-state index is 11.9. The highest BCUT2D eigenvalue weighted by atomic mass is 35.5. The maximum atomic E-state index is 11.9. The molecule has 0 fully saturated rings. The Morgan fingerprint density at radius 3 is 2.96 bits per heavy atom. The predicted molar refractivity (Wildman–Crippen MR) is 110 cm³/mol. The summed E-state index contributed by atoms with van der Waals surface area (Å²) in [7, 11) is 0. The Bertz CT molecular complexity index is 978. The number of amides is 1. The van der Waals surface area contributed by atoms with Crippen molar-refractivity contribution in [3.63, 3.8) is 0 Å². The number of nitrogens with zero attached hydrogens (tertiary/aromatic N) is 3. The molecule has 0 saturated carbocycles. The number of para-hydroxylation sites is 1. The molecular weight excluding hydrogens is 400 g/mol. The zero-order valence-electron chi connectivity index (χ0n) is 14.6. The molecule has 0 aliphatic rings. The summed E-state index contributed by atoms with van der Waals surface area (Å²) in [5.74, 6) is 0.500. The van der Waals surface area contributed by atoms with Gasteiger partial charge in [-0.1, -0.05) is 47.6 Å². The number of thioether (sulfide) groups is 1. The SMILES string of the molecule is O=C(CSc1n[nH]c(N/N=C/c2ccccc2O)n1)NCc1cccc(Cl)c1. The molecule has 10 heteroatoms. The molecule has 0 saturated heterocycles. The fourth-order valence-corrected chi connectivity index (χ4v) is 2.99. The molecule has 144 valence electrons. The quantitative estimate of drug-likeness (QED) is 0.255. The number of nitrogens with one attached hydrogen (secondary N) is 3. The summed E-state index contributed by atoms with van der Waals surface area (Å²) in [5, 5.41) is 24.2. The molecule has 28 heavy (non-hydrogen) atoms. The van der Waals surface area contributed by atoms with Crippen LogP contribution in [0, 0.1) is 0 Å². The molecule has 1 heterocycles. The van der Waals surface area contributed by atoms with Crippen LogP contribution in [0.5, 0.6) is 5.75 Å². The Kier molecular flexibility index (Phi) is 6.88. The lowest BCUT2D eigenvalue weighted by Gasteiger charge is -2.04. The van der Waals surface area contributed by atoms with E-state index in [1.807, 2.05) is 12.1 Å². The monoisotopic (exact) mass is 416 g/mol. The third-order valence-electron chi connectivity index (χ3n) is 3.49. The first kappa shape index (κ1) is 19.7. The Labute approximate surface area is 170 Å². The smallest absolute Gasteiger partial charge is 0.240 e. The molecule has 3 rings (SSSR count). The van der Waals surface area contributed by atoms with Crippen molar-refractivity contribution >= 4 is 41.4 Å². The van der Waals surface area contributed by atoms with Crippen LogP contribution in [0.2, 0.25) is 5.02 Å². The van der Waals surface area contributed by atoms with Crippen LogP contribution in [0.25, 0.3) is 0 Å². The van der Waals surface area contributed by atoms with Gasteiger partial charge in [-0.05, 0) is 29.8 Å². The molecule has 0 bridgehead atoms. The van der Waals surface area contributed by atoms with E-state index in [1.165, 1.54) is 18.0 Å². The van der Waals surface area contributed by atoms with Crippen LogP contribution in [0.15, 0.2) is 58.8 Å². The standard InChI is InChI=1S/C18H17ClN6O2S/c19-14-6-3-4-12(8-14)9-20-16(27)11-28-18-22-17(24-25-18)23-21-10-13-5-1-2-7-15(13)26/h1-8,10,26H,9,11H2,(H,20,27)(H2,22,23,24,25)/b21-10+. The molecule has 4 N–H and O–H groups in total. The van der Waals surface area contributed by atoms with Crippen molar-refractivity contribution in [3.8, 4) is 5.75 Å². The van der Waals surface area contributed by atoms with E-state index in [2.05, 4.69) is 31.0 Å². The lowest BCUT2D eigenvalue weighted by atomic mass is 10.2. The number of carbonyl (C=O) groups is 1. The van der Waals surface area contributed by atoms with Gasteiger partial charge in [0.15, 0.2) is 0 Å². The number of hydrazone groups is 1. The van der Waals surface area contributed by atoms with Crippen LogP contribution < -0.4 is 10.7 Å². The van der Waals surface area contributed by atoms with Crippen LogP contribution in [-0.2, 0) is 11.3 Å². The lowest BCUT2D eigenvalue weighted by molar-refractivity contribution is -0.118. The summed E-state index contributed by atoms with van der Waals surface area (Å²) in [6.07, 6.45) is 1.47. The second-order valence-electron chi connectivity index (χ2n) is 5.59. The summed E-state index contributed by atoms with van der Waals surface area (Å²) in [5.41, 5.74) is 4.18. The Morgan fingerprint density at radius 2 is 2.14 bits per heavy atom. The van der Waals surface area contributed by atoms with Crippen LogP contribution >= 0.6 is 23.4 Å². The van der Waals surface area contributed by atoms with Gasteiger partial charge in [0, 0.05) is 17.1 Å². The summed E-state index contributed by atoms with van der Waals surface area (Å²) in [4.78, 5) is 16.1. The number of hydrogen-bond acceptors (Lipinski definition) is 7. The second kappa shape index (κ2) is 9.77. The van der Waals surface area contributed by atoms with Gasteiger partial charge in [-0.25, -0.2) is 10.5 Å². The van der Waals surface area contributed by atoms with Crippen LogP contribution in [0.4, 0.5) is 5.95 Å². The highest BCUT2D eigenvalue weighted by Gasteiger charge is 2.07. The van der Waals surface area contributed by atoms with E-state index in [-0.39, 0.29) is 17.4 Å². The van der Waals surface area contributed by atoms with Crippen molar-refractivity contribution in [2.24, 2.45) is 5.10 Å². The Hall–Kier alpha value is -3.04. The fourth-order valence-electron chi connectivity index (χ4n) is 2.15. The first-order chi connectivity index (χ1) is 13.6. The molecule has 0 atom stereocenters. The van der Waals surface area contributed by atoms with Crippen molar-refractivity contribution in [2.75, 3.05) is 11.2 Å². The normalized spacial score (nSPS) is 10.9. The van der Waals surface area contributed by atoms with Crippen LogP contribution in [-0.4, -0.2) is 38.2 Å². The highest BCUT2D eigenvalue weighted by molar-refractivity contribution is 7.99. The number of phenols is 1. The third kappa shape index (κ3) is 6.00. The average Bonchev–Trinajstić information content (AvgIpc) is 3.14. The van der Waals surface area contributed by atoms with Gasteiger partial charge in [0.05, 0.1) is 12.0 Å². The van der Waals surface area contributed by atoms with Crippen LogP contribution in [0.1, 0.15) is 11.1 Å². The van der Waals surface area contributed by atoms with Crippen molar-refractivity contribution < 1.29 is 9.90 Å². The minimum Gasteiger partial charge on any atom is -0.507 e. The molecule has 0 aliphatic carbocycles. The van der Waals surface area contributed by atoms with Gasteiger partial charge in [0.1, 0.15) is 5.75 Å². The molecule has 1 amide bonds. The minimum atomic E-state index is -0.137. The minimum absolute atomic E-state index is 0.130. The van der Waals surface area contributed by atoms with Gasteiger partial charge in [-0.2, -0.15) is 10.1 Å². The number of phenolic OH excluding ortho intramolecular Hbond substituents is 1. The maximum Gasteiger partial charge on any atom is 0.240 e. The van der Waals surface area contributed by atoms with E-state index in [4.69, 9.17) is 11.6 Å². The molecule has 0 aliphatic heterocycles. The molecule has 3 aromatic rings. The van der Waals surface area contributed by atoms with Crippen LogP contribution in [0.3, 0.4) is 0 Å². The van der Waals surface area contributed by atoms with E-state index in [9.17, 15) is 9.90 Å². The van der Waals surface area contributed by atoms with Crippen molar-refractivity contribution in [1.82, 2.24) is 20.5 Å². The zero-order chi connectivity index (χ0) is 19.8. The van der Waals surface area contributed by atoms with Crippen molar-refractivity contribution in [2.45, 2.75) is 11.7 Å². The number of anilines is 1. The number of benzene rings is 2. The van der Waals surface area contributed by atoms with E-state index >= 15 is 0 Å². The number of aromatic nitrogens is 3. The van der Waals surface area contributed by atoms with Gasteiger partial charge >= 0.3 is 0 Å². The van der Waals surface area contributed by atoms with E-state index in [1.54, 1.807) is 36.4 Å².